The zero-order valence-electron chi connectivity index (χ0n) is 12.8. The van der Waals surface area contributed by atoms with Gasteiger partial charge in [-0.1, -0.05) is 32.3 Å². The molecule has 1 aliphatic heterocycles. The second kappa shape index (κ2) is 7.63. The van der Waals surface area contributed by atoms with Gasteiger partial charge in [0.25, 0.3) is 0 Å². The molecule has 1 aromatic carbocycles. The van der Waals surface area contributed by atoms with Gasteiger partial charge in [-0.05, 0) is 37.5 Å². The number of hydrogen-bond acceptors (Lipinski definition) is 2. The lowest BCUT2D eigenvalue weighted by Crippen LogP contribution is -2.35. The van der Waals surface area contributed by atoms with Crippen molar-refractivity contribution < 1.29 is 4.39 Å². The van der Waals surface area contributed by atoms with Crippen molar-refractivity contribution in [2.24, 2.45) is 0 Å². The molecule has 20 heavy (non-hydrogen) atoms. The molecule has 0 fully saturated rings. The fraction of sp³-hybridized carbons (Fsp3) is 0.647. The lowest BCUT2D eigenvalue weighted by atomic mass is 10.1. The molecule has 1 aliphatic rings. The molecule has 0 saturated heterocycles. The number of fused-ring (bicyclic) bond motifs is 1. The first-order valence-electron chi connectivity index (χ1n) is 7.97. The van der Waals surface area contributed by atoms with Crippen molar-refractivity contribution >= 4 is 5.69 Å². The number of anilines is 1. The Morgan fingerprint density at radius 2 is 2.20 bits per heavy atom. The van der Waals surface area contributed by atoms with Gasteiger partial charge in [0.1, 0.15) is 5.82 Å². The van der Waals surface area contributed by atoms with Crippen molar-refractivity contribution in [3.05, 3.63) is 29.6 Å². The number of rotatable bonds is 8. The van der Waals surface area contributed by atoms with Crippen LogP contribution in [-0.2, 0) is 6.42 Å². The molecule has 0 amide bonds. The van der Waals surface area contributed by atoms with Crippen molar-refractivity contribution in [1.29, 1.82) is 0 Å². The summed E-state index contributed by atoms with van der Waals surface area (Å²) in [4.78, 5) is 2.30. The minimum atomic E-state index is -0.128. The number of unbranched alkanes of at least 4 members (excludes halogenated alkanes) is 2. The van der Waals surface area contributed by atoms with Crippen LogP contribution in [0.5, 0.6) is 0 Å². The maximum atomic E-state index is 13.3. The van der Waals surface area contributed by atoms with E-state index in [0.717, 1.165) is 31.7 Å². The van der Waals surface area contributed by atoms with Crippen LogP contribution in [0.2, 0.25) is 0 Å². The highest BCUT2D eigenvalue weighted by molar-refractivity contribution is 5.58. The van der Waals surface area contributed by atoms with E-state index in [1.54, 1.807) is 12.1 Å². The molecular weight excluding hydrogens is 251 g/mol. The highest BCUT2D eigenvalue weighted by Crippen LogP contribution is 2.28. The first-order chi connectivity index (χ1) is 9.70. The fourth-order valence-corrected chi connectivity index (χ4v) is 2.90. The third-order valence-corrected chi connectivity index (χ3v) is 4.15. The smallest absolute Gasteiger partial charge is 0.125 e. The van der Waals surface area contributed by atoms with E-state index in [9.17, 15) is 4.39 Å². The van der Waals surface area contributed by atoms with Crippen LogP contribution in [0.15, 0.2) is 18.2 Å². The van der Waals surface area contributed by atoms with Gasteiger partial charge in [0, 0.05) is 31.4 Å². The number of nitrogens with one attached hydrogen (secondary N) is 1. The fourth-order valence-electron chi connectivity index (χ4n) is 2.90. The van der Waals surface area contributed by atoms with Crippen LogP contribution in [0.25, 0.3) is 0 Å². The predicted molar refractivity (Wildman–Crippen MR) is 83.9 cm³/mol. The molecule has 2 nitrogen and oxygen atoms in total. The van der Waals surface area contributed by atoms with Gasteiger partial charge in [-0.2, -0.15) is 0 Å². The van der Waals surface area contributed by atoms with Crippen molar-refractivity contribution in [1.82, 2.24) is 5.32 Å². The van der Waals surface area contributed by atoms with Gasteiger partial charge in [-0.3, -0.25) is 0 Å². The summed E-state index contributed by atoms with van der Waals surface area (Å²) in [5.41, 5.74) is 2.37. The monoisotopic (exact) mass is 278 g/mol. The molecule has 1 unspecified atom stereocenters. The van der Waals surface area contributed by atoms with E-state index in [1.165, 1.54) is 31.2 Å². The largest absolute Gasteiger partial charge is 0.370 e. The summed E-state index contributed by atoms with van der Waals surface area (Å²) in [7, 11) is 0. The lowest BCUT2D eigenvalue weighted by molar-refractivity contribution is 0.490. The lowest BCUT2D eigenvalue weighted by Gasteiger charge is -2.21. The molecular formula is C17H27FN2. The summed E-state index contributed by atoms with van der Waals surface area (Å²) in [6.45, 7) is 7.46. The summed E-state index contributed by atoms with van der Waals surface area (Å²) in [6, 6.07) is 5.74. The minimum absolute atomic E-state index is 0.128. The molecule has 1 heterocycles. The molecule has 0 radical (unpaired) electrons. The Balaban J connectivity index is 1.72. The van der Waals surface area contributed by atoms with Crippen LogP contribution in [0.3, 0.4) is 0 Å². The van der Waals surface area contributed by atoms with Crippen LogP contribution >= 0.6 is 0 Å². The maximum Gasteiger partial charge on any atom is 0.125 e. The van der Waals surface area contributed by atoms with E-state index < -0.39 is 0 Å². The van der Waals surface area contributed by atoms with Gasteiger partial charge >= 0.3 is 0 Å². The van der Waals surface area contributed by atoms with E-state index in [-0.39, 0.29) is 5.82 Å². The second-order valence-corrected chi connectivity index (χ2v) is 5.86. The van der Waals surface area contributed by atoms with Gasteiger partial charge in [0.2, 0.25) is 0 Å². The van der Waals surface area contributed by atoms with E-state index in [0.29, 0.717) is 6.04 Å². The maximum absolute atomic E-state index is 13.3. The molecule has 0 aliphatic carbocycles. The number of halogens is 1. The summed E-state index contributed by atoms with van der Waals surface area (Å²) in [5, 5.41) is 3.58. The Kier molecular flexibility index (Phi) is 5.84. The van der Waals surface area contributed by atoms with Crippen molar-refractivity contribution in [2.45, 2.75) is 52.0 Å². The molecule has 0 aromatic heterocycles. The average Bonchev–Trinajstić information content (AvgIpc) is 2.82. The van der Waals surface area contributed by atoms with Gasteiger partial charge in [-0.15, -0.1) is 0 Å². The molecule has 112 valence electrons. The summed E-state index contributed by atoms with van der Waals surface area (Å²) >= 11 is 0. The molecule has 1 aromatic rings. The number of benzene rings is 1. The molecule has 0 saturated carbocycles. The van der Waals surface area contributed by atoms with Crippen LogP contribution in [-0.4, -0.2) is 25.7 Å². The predicted octanol–water partition coefficient (Wildman–Crippen LogP) is 3.75. The Hall–Kier alpha value is -1.09. The Bertz CT molecular complexity index is 419. The number of nitrogens with zero attached hydrogens (tertiary/aromatic N) is 1. The van der Waals surface area contributed by atoms with E-state index in [1.807, 2.05) is 6.07 Å². The molecule has 3 heteroatoms. The average molecular weight is 278 g/mol. The quantitative estimate of drug-likeness (QED) is 0.729. The van der Waals surface area contributed by atoms with Crippen molar-refractivity contribution in [3.63, 3.8) is 0 Å². The topological polar surface area (TPSA) is 15.3 Å². The third kappa shape index (κ3) is 4.20. The molecule has 0 spiro atoms. The van der Waals surface area contributed by atoms with Crippen molar-refractivity contribution in [3.8, 4) is 0 Å². The van der Waals surface area contributed by atoms with Crippen LogP contribution in [0, 0.1) is 5.82 Å². The third-order valence-electron chi connectivity index (χ3n) is 4.15. The summed E-state index contributed by atoms with van der Waals surface area (Å²) in [5.74, 6) is -0.128. The standard InChI is InChI=1S/C17H27FN2/c1-3-4-5-6-14(2)19-10-12-20-11-9-15-7-8-16(18)13-17(15)20/h7-8,13-14,19H,3-6,9-12H2,1-2H3. The van der Waals surface area contributed by atoms with Crippen molar-refractivity contribution in [2.75, 3.05) is 24.5 Å². The Morgan fingerprint density at radius 1 is 1.35 bits per heavy atom. The first kappa shape index (κ1) is 15.3. The Labute approximate surface area is 122 Å². The second-order valence-electron chi connectivity index (χ2n) is 5.86. The zero-order chi connectivity index (χ0) is 14.4. The number of hydrogen-bond donors (Lipinski definition) is 1. The highest BCUT2D eigenvalue weighted by atomic mass is 19.1. The Morgan fingerprint density at radius 3 is 3.00 bits per heavy atom. The van der Waals surface area contributed by atoms with Gasteiger partial charge in [0.15, 0.2) is 0 Å². The first-order valence-corrected chi connectivity index (χ1v) is 7.97. The minimum Gasteiger partial charge on any atom is -0.370 e. The van der Waals surface area contributed by atoms with Gasteiger partial charge < -0.3 is 10.2 Å². The normalized spacial score (nSPS) is 15.4. The van der Waals surface area contributed by atoms with Crippen LogP contribution in [0.4, 0.5) is 10.1 Å². The van der Waals surface area contributed by atoms with Gasteiger partial charge in [-0.25, -0.2) is 4.39 Å². The van der Waals surface area contributed by atoms with Gasteiger partial charge in [0.05, 0.1) is 0 Å². The molecule has 1 atom stereocenters. The summed E-state index contributed by atoms with van der Waals surface area (Å²) in [6.07, 6.45) is 6.21. The van der Waals surface area contributed by atoms with E-state index in [4.69, 9.17) is 0 Å². The zero-order valence-corrected chi connectivity index (χ0v) is 12.8. The summed E-state index contributed by atoms with van der Waals surface area (Å²) < 4.78 is 13.3. The highest BCUT2D eigenvalue weighted by Gasteiger charge is 2.18. The molecule has 2 rings (SSSR count). The molecule has 0 bridgehead atoms. The molecule has 1 N–H and O–H groups in total. The van der Waals surface area contributed by atoms with Crippen LogP contribution < -0.4 is 10.2 Å². The SMILES string of the molecule is CCCCCC(C)NCCN1CCc2ccc(F)cc21. The van der Waals surface area contributed by atoms with E-state index >= 15 is 0 Å². The van der Waals surface area contributed by atoms with Crippen LogP contribution in [0.1, 0.15) is 45.1 Å². The van der Waals surface area contributed by atoms with E-state index in [2.05, 4.69) is 24.1 Å².